The summed E-state index contributed by atoms with van der Waals surface area (Å²) in [5.41, 5.74) is 4.89. The Labute approximate surface area is 118 Å². The Morgan fingerprint density at radius 1 is 1.25 bits per heavy atom. The van der Waals surface area contributed by atoms with Gasteiger partial charge in [0.1, 0.15) is 18.5 Å². The summed E-state index contributed by atoms with van der Waals surface area (Å²) >= 11 is 0. The van der Waals surface area contributed by atoms with Crippen molar-refractivity contribution in [1.29, 1.82) is 0 Å². The molecule has 1 unspecified atom stereocenters. The molecule has 2 heteroatoms. The van der Waals surface area contributed by atoms with Crippen molar-refractivity contribution in [2.45, 2.75) is 32.3 Å². The number of rotatable bonds is 3. The van der Waals surface area contributed by atoms with Gasteiger partial charge in [0.15, 0.2) is 0 Å². The van der Waals surface area contributed by atoms with Crippen molar-refractivity contribution in [2.75, 3.05) is 6.61 Å². The average Bonchev–Trinajstić information content (AvgIpc) is 2.82. The molecule has 0 spiro atoms. The quantitative estimate of drug-likeness (QED) is 0.909. The highest BCUT2D eigenvalue weighted by Crippen LogP contribution is 2.50. The summed E-state index contributed by atoms with van der Waals surface area (Å²) in [6, 6.07) is 10.6. The topological polar surface area (TPSA) is 29.5 Å². The van der Waals surface area contributed by atoms with Crippen molar-refractivity contribution in [1.82, 2.24) is 0 Å². The zero-order valence-electron chi connectivity index (χ0n) is 11.6. The molecule has 0 saturated heterocycles. The van der Waals surface area contributed by atoms with Crippen LogP contribution >= 0.6 is 0 Å². The normalized spacial score (nSPS) is 19.6. The first-order valence-electron chi connectivity index (χ1n) is 7.41. The summed E-state index contributed by atoms with van der Waals surface area (Å²) < 4.78 is 5.72. The van der Waals surface area contributed by atoms with E-state index >= 15 is 0 Å². The van der Waals surface area contributed by atoms with Gasteiger partial charge in [-0.05, 0) is 41.0 Å². The largest absolute Gasteiger partial charge is 0.490 e. The molecule has 0 saturated carbocycles. The highest BCUT2D eigenvalue weighted by Gasteiger charge is 2.34. The molecular weight excluding hydrogens is 248 g/mol. The number of benzene rings is 2. The minimum absolute atomic E-state index is 0.372. The third-order valence-corrected chi connectivity index (χ3v) is 4.44. The number of aliphatic hydroxyl groups is 1. The molecule has 1 aliphatic carbocycles. The monoisotopic (exact) mass is 266 g/mol. The lowest BCUT2D eigenvalue weighted by atomic mass is 9.94. The molecule has 2 aromatic rings. The lowest BCUT2D eigenvalue weighted by Crippen LogP contribution is -2.24. The van der Waals surface area contributed by atoms with Gasteiger partial charge in [0.25, 0.3) is 0 Å². The van der Waals surface area contributed by atoms with Crippen LogP contribution in [0.25, 0.3) is 21.9 Å². The Bertz CT molecular complexity index is 728. The van der Waals surface area contributed by atoms with Gasteiger partial charge in [-0.25, -0.2) is 0 Å². The van der Waals surface area contributed by atoms with Gasteiger partial charge in [0.05, 0.1) is 0 Å². The standard InChI is InChI=1S/C18H18O2/c1-2-3-6-13-12-7-4-5-11-8-9-15-18(16(11)12)17(13)14(19)10-20-15/h4-5,7-9,14,19H,2-3,6,10H2,1H3. The van der Waals surface area contributed by atoms with Gasteiger partial charge in [0.2, 0.25) is 0 Å². The molecule has 0 amide bonds. The molecule has 4 rings (SSSR count). The van der Waals surface area contributed by atoms with Crippen LogP contribution in [0.1, 0.15) is 37.3 Å². The lowest BCUT2D eigenvalue weighted by molar-refractivity contribution is 0.143. The number of hydrogen-bond donors (Lipinski definition) is 1. The predicted molar refractivity (Wildman–Crippen MR) is 81.8 cm³/mol. The fraction of sp³-hybridized carbons (Fsp3) is 0.333. The van der Waals surface area contributed by atoms with Crippen LogP contribution in [0.15, 0.2) is 30.3 Å². The number of ether oxygens (including phenoxy) is 1. The Balaban J connectivity index is 2.04. The first-order valence-corrected chi connectivity index (χ1v) is 7.41. The van der Waals surface area contributed by atoms with Gasteiger partial charge in [0, 0.05) is 10.9 Å². The summed E-state index contributed by atoms with van der Waals surface area (Å²) in [5, 5.41) is 12.9. The number of allylic oxidation sites excluding steroid dienone is 1. The van der Waals surface area contributed by atoms with Crippen molar-refractivity contribution in [3.05, 3.63) is 41.5 Å². The van der Waals surface area contributed by atoms with Crippen LogP contribution in [-0.4, -0.2) is 17.8 Å². The van der Waals surface area contributed by atoms with Crippen molar-refractivity contribution in [3.8, 4) is 5.75 Å². The van der Waals surface area contributed by atoms with Crippen LogP contribution in [0.2, 0.25) is 0 Å². The fourth-order valence-corrected chi connectivity index (χ4v) is 3.54. The third kappa shape index (κ3) is 1.49. The van der Waals surface area contributed by atoms with Crippen LogP contribution in [0.5, 0.6) is 5.75 Å². The van der Waals surface area contributed by atoms with Crippen molar-refractivity contribution in [2.24, 2.45) is 0 Å². The van der Waals surface area contributed by atoms with E-state index in [9.17, 15) is 5.11 Å². The minimum atomic E-state index is -0.493. The average molecular weight is 266 g/mol. The summed E-state index contributed by atoms with van der Waals surface area (Å²) in [6.07, 6.45) is 2.87. The number of hydrogen-bond acceptors (Lipinski definition) is 2. The van der Waals surface area contributed by atoms with E-state index < -0.39 is 6.10 Å². The summed E-state index contributed by atoms with van der Waals surface area (Å²) in [7, 11) is 0. The molecule has 1 atom stereocenters. The van der Waals surface area contributed by atoms with E-state index in [2.05, 4.69) is 31.2 Å². The van der Waals surface area contributed by atoms with E-state index in [0.29, 0.717) is 6.61 Å². The van der Waals surface area contributed by atoms with E-state index in [0.717, 1.165) is 29.7 Å². The molecule has 1 N–H and O–H groups in total. The highest BCUT2D eigenvalue weighted by molar-refractivity contribution is 6.16. The van der Waals surface area contributed by atoms with E-state index in [-0.39, 0.29) is 0 Å². The van der Waals surface area contributed by atoms with Crippen LogP contribution < -0.4 is 4.74 Å². The van der Waals surface area contributed by atoms with E-state index in [4.69, 9.17) is 4.74 Å². The molecule has 0 radical (unpaired) electrons. The Morgan fingerprint density at radius 2 is 2.15 bits per heavy atom. The van der Waals surface area contributed by atoms with Crippen molar-refractivity contribution in [3.63, 3.8) is 0 Å². The summed E-state index contributed by atoms with van der Waals surface area (Å²) in [6.45, 7) is 2.58. The van der Waals surface area contributed by atoms with Gasteiger partial charge < -0.3 is 9.84 Å². The van der Waals surface area contributed by atoms with Crippen LogP contribution in [0.3, 0.4) is 0 Å². The Morgan fingerprint density at radius 3 is 3.00 bits per heavy atom. The smallest absolute Gasteiger partial charge is 0.127 e. The summed E-state index contributed by atoms with van der Waals surface area (Å²) in [4.78, 5) is 0. The maximum absolute atomic E-state index is 10.4. The zero-order chi connectivity index (χ0) is 13.7. The van der Waals surface area contributed by atoms with E-state index in [1.165, 1.54) is 28.3 Å². The number of unbranched alkanes of at least 4 members (excludes halogenated alkanes) is 1. The molecule has 2 aliphatic rings. The zero-order valence-corrected chi connectivity index (χ0v) is 11.6. The maximum atomic E-state index is 10.4. The molecule has 2 nitrogen and oxygen atoms in total. The SMILES string of the molecule is CCCCC1=C2c3c(ccc4cccc1c34)OCC2O. The van der Waals surface area contributed by atoms with Gasteiger partial charge in [-0.15, -0.1) is 0 Å². The first kappa shape index (κ1) is 12.0. The van der Waals surface area contributed by atoms with Crippen LogP contribution in [-0.2, 0) is 0 Å². The Kier molecular flexibility index (Phi) is 2.61. The van der Waals surface area contributed by atoms with Gasteiger partial charge in [-0.3, -0.25) is 0 Å². The second-order valence-corrected chi connectivity index (χ2v) is 5.66. The molecular formula is C18H18O2. The highest BCUT2D eigenvalue weighted by atomic mass is 16.5. The van der Waals surface area contributed by atoms with Crippen LogP contribution in [0.4, 0.5) is 0 Å². The Hall–Kier alpha value is -1.80. The van der Waals surface area contributed by atoms with Crippen molar-refractivity contribution >= 4 is 21.9 Å². The van der Waals surface area contributed by atoms with Gasteiger partial charge in [-0.1, -0.05) is 37.6 Å². The minimum Gasteiger partial charge on any atom is -0.490 e. The third-order valence-electron chi connectivity index (χ3n) is 4.44. The summed E-state index contributed by atoms with van der Waals surface area (Å²) in [5.74, 6) is 0.928. The molecule has 0 aromatic heterocycles. The molecule has 2 aromatic carbocycles. The first-order chi connectivity index (χ1) is 9.81. The van der Waals surface area contributed by atoms with Gasteiger partial charge >= 0.3 is 0 Å². The molecule has 1 heterocycles. The second-order valence-electron chi connectivity index (χ2n) is 5.66. The van der Waals surface area contributed by atoms with E-state index in [1.807, 2.05) is 6.07 Å². The maximum Gasteiger partial charge on any atom is 0.127 e. The molecule has 0 bridgehead atoms. The molecule has 20 heavy (non-hydrogen) atoms. The van der Waals surface area contributed by atoms with E-state index in [1.54, 1.807) is 0 Å². The fourth-order valence-electron chi connectivity index (χ4n) is 3.54. The molecule has 0 fully saturated rings. The molecule has 102 valence electrons. The number of aliphatic hydroxyl groups excluding tert-OH is 1. The van der Waals surface area contributed by atoms with Crippen molar-refractivity contribution < 1.29 is 9.84 Å². The second kappa shape index (κ2) is 4.35. The lowest BCUT2D eigenvalue weighted by Gasteiger charge is -2.24. The predicted octanol–water partition coefficient (Wildman–Crippen LogP) is 4.01. The van der Waals surface area contributed by atoms with Crippen LogP contribution in [0, 0.1) is 0 Å². The molecule has 1 aliphatic heterocycles. The van der Waals surface area contributed by atoms with Gasteiger partial charge in [-0.2, -0.15) is 0 Å².